The van der Waals surface area contributed by atoms with Crippen LogP contribution in [0.3, 0.4) is 0 Å². The van der Waals surface area contributed by atoms with Crippen molar-refractivity contribution in [3.8, 4) is 0 Å². The van der Waals surface area contributed by atoms with E-state index in [0.29, 0.717) is 54.4 Å². The predicted molar refractivity (Wildman–Crippen MR) is 143 cm³/mol. The van der Waals surface area contributed by atoms with Crippen molar-refractivity contribution in [2.45, 2.75) is 45.8 Å². The fraction of sp³-hybridized carbons (Fsp3) is 0.560. The molecule has 4 rings (SSSR count). The number of urea groups is 1. The third-order valence-corrected chi connectivity index (χ3v) is 7.91. The summed E-state index contributed by atoms with van der Waals surface area (Å²) in [6.45, 7) is 10.2. The van der Waals surface area contributed by atoms with Gasteiger partial charge in [-0.25, -0.2) is 9.59 Å². The number of anilines is 1. The fourth-order valence-electron chi connectivity index (χ4n) is 4.82. The maximum Gasteiger partial charge on any atom is 0.410 e. The molecule has 196 valence electrons. The number of nitrogens with one attached hydrogen (secondary N) is 2. The highest BCUT2D eigenvalue weighted by Crippen LogP contribution is 2.38. The number of piperidine rings is 1. The molecule has 2 saturated heterocycles. The Bertz CT molecular complexity index is 1110. The van der Waals surface area contributed by atoms with Crippen molar-refractivity contribution in [2.75, 3.05) is 51.1 Å². The Morgan fingerprint density at radius 3 is 2.42 bits per heavy atom. The highest BCUT2D eigenvalue weighted by molar-refractivity contribution is 7.23. The number of benzene rings is 1. The van der Waals surface area contributed by atoms with Crippen molar-refractivity contribution in [3.63, 3.8) is 0 Å². The molecule has 2 aliphatic heterocycles. The Labute approximate surface area is 220 Å². The number of rotatable bonds is 5. The number of ether oxygens (including phenoxy) is 1. The van der Waals surface area contributed by atoms with E-state index in [1.54, 1.807) is 11.0 Å². The molecule has 2 N–H and O–H groups in total. The van der Waals surface area contributed by atoms with Gasteiger partial charge in [0.05, 0.1) is 11.7 Å². The number of thiophene rings is 1. The molecule has 0 aliphatic carbocycles. The monoisotopic (exact) mass is 535 g/mol. The highest BCUT2D eigenvalue weighted by Gasteiger charge is 2.32. The summed E-state index contributed by atoms with van der Waals surface area (Å²) in [6, 6.07) is 5.49. The number of amides is 4. The maximum atomic E-state index is 13.7. The van der Waals surface area contributed by atoms with Gasteiger partial charge in [0.2, 0.25) is 0 Å². The summed E-state index contributed by atoms with van der Waals surface area (Å²) < 4.78 is 6.18. The first-order chi connectivity index (χ1) is 17.3. The lowest BCUT2D eigenvalue weighted by molar-refractivity contribution is 0.0360. The normalized spacial score (nSPS) is 17.5. The minimum atomic E-state index is -0.336. The number of hydrogen-bond acceptors (Lipinski definition) is 6. The van der Waals surface area contributed by atoms with Gasteiger partial charge < -0.3 is 19.9 Å². The van der Waals surface area contributed by atoms with Crippen LogP contribution in [0.4, 0.5) is 14.6 Å². The lowest BCUT2D eigenvalue weighted by Crippen LogP contribution is -2.54. The standard InChI is InChI=1S/C25H34ClN5O4S/c1-4-27-24(33)28-22-21(19-6-5-17(26)15-20(19)36-22)23(32)30-13-11-29(12-14-30)18-7-9-31(10-8-18)25(34)35-16(2)3/h5-6,15-16,18H,4,7-14H2,1-3H3,(H2,27,28,33). The third kappa shape index (κ3) is 6.04. The molecule has 0 saturated carbocycles. The van der Waals surface area contributed by atoms with Gasteiger partial charge in [-0.3, -0.25) is 15.0 Å². The zero-order chi connectivity index (χ0) is 25.8. The summed E-state index contributed by atoms with van der Waals surface area (Å²) in [6.07, 6.45) is 1.45. The van der Waals surface area contributed by atoms with Crippen LogP contribution in [0.15, 0.2) is 18.2 Å². The molecule has 0 bridgehead atoms. The van der Waals surface area contributed by atoms with Gasteiger partial charge in [0, 0.05) is 67.0 Å². The first kappa shape index (κ1) is 26.5. The summed E-state index contributed by atoms with van der Waals surface area (Å²) in [7, 11) is 0. The first-order valence-corrected chi connectivity index (χ1v) is 13.7. The van der Waals surface area contributed by atoms with Crippen LogP contribution < -0.4 is 10.6 Å². The van der Waals surface area contributed by atoms with Gasteiger partial charge in [0.25, 0.3) is 5.91 Å². The molecular weight excluding hydrogens is 502 g/mol. The van der Waals surface area contributed by atoms with E-state index in [9.17, 15) is 14.4 Å². The number of halogens is 1. The van der Waals surface area contributed by atoms with Crippen LogP contribution in [0.1, 0.15) is 44.0 Å². The summed E-state index contributed by atoms with van der Waals surface area (Å²) in [4.78, 5) is 44.1. The van der Waals surface area contributed by atoms with Crippen molar-refractivity contribution in [3.05, 3.63) is 28.8 Å². The smallest absolute Gasteiger partial charge is 0.410 e. The molecule has 0 radical (unpaired) electrons. The molecule has 36 heavy (non-hydrogen) atoms. The van der Waals surface area contributed by atoms with Crippen LogP contribution in [0.2, 0.25) is 5.02 Å². The molecule has 2 fully saturated rings. The number of carbonyl (C=O) groups is 3. The van der Waals surface area contributed by atoms with Gasteiger partial charge in [-0.15, -0.1) is 11.3 Å². The summed E-state index contributed by atoms with van der Waals surface area (Å²) in [5.74, 6) is -0.0822. The van der Waals surface area contributed by atoms with Gasteiger partial charge in [-0.1, -0.05) is 17.7 Å². The van der Waals surface area contributed by atoms with E-state index < -0.39 is 0 Å². The molecule has 1 aromatic carbocycles. The van der Waals surface area contributed by atoms with E-state index in [1.165, 1.54) is 11.3 Å². The van der Waals surface area contributed by atoms with Crippen molar-refractivity contribution in [1.29, 1.82) is 0 Å². The van der Waals surface area contributed by atoms with E-state index in [-0.39, 0.29) is 24.1 Å². The largest absolute Gasteiger partial charge is 0.447 e. The summed E-state index contributed by atoms with van der Waals surface area (Å²) in [5.41, 5.74) is 0.517. The average Bonchev–Trinajstić information content (AvgIpc) is 3.20. The van der Waals surface area contributed by atoms with E-state index in [1.807, 2.05) is 37.8 Å². The molecular formula is C25H34ClN5O4S. The molecule has 2 aromatic rings. The van der Waals surface area contributed by atoms with Crippen LogP contribution in [0.25, 0.3) is 10.1 Å². The van der Waals surface area contributed by atoms with Crippen LogP contribution in [-0.4, -0.2) is 90.7 Å². The van der Waals surface area contributed by atoms with Gasteiger partial charge in [0.1, 0.15) is 5.00 Å². The lowest BCUT2D eigenvalue weighted by atomic mass is 10.0. The van der Waals surface area contributed by atoms with Crippen LogP contribution >= 0.6 is 22.9 Å². The number of fused-ring (bicyclic) bond motifs is 1. The fourth-order valence-corrected chi connectivity index (χ4v) is 6.18. The topological polar surface area (TPSA) is 94.2 Å². The highest BCUT2D eigenvalue weighted by atomic mass is 35.5. The lowest BCUT2D eigenvalue weighted by Gasteiger charge is -2.42. The Balaban J connectivity index is 1.40. The van der Waals surface area contributed by atoms with E-state index in [4.69, 9.17) is 16.3 Å². The number of piperazine rings is 1. The Kier molecular flexibility index (Phi) is 8.58. The minimum Gasteiger partial charge on any atom is -0.447 e. The average molecular weight is 536 g/mol. The van der Waals surface area contributed by atoms with Crippen molar-refractivity contribution in [2.24, 2.45) is 0 Å². The molecule has 3 heterocycles. The second-order valence-electron chi connectivity index (χ2n) is 9.41. The molecule has 0 atom stereocenters. The van der Waals surface area contributed by atoms with Crippen molar-refractivity contribution < 1.29 is 19.1 Å². The summed E-state index contributed by atoms with van der Waals surface area (Å²) >= 11 is 7.54. The van der Waals surface area contributed by atoms with Gasteiger partial charge in [-0.05, 0) is 45.7 Å². The predicted octanol–water partition coefficient (Wildman–Crippen LogP) is 4.46. The number of carbonyl (C=O) groups excluding carboxylic acids is 3. The van der Waals surface area contributed by atoms with E-state index >= 15 is 0 Å². The van der Waals surface area contributed by atoms with Crippen LogP contribution in [-0.2, 0) is 4.74 Å². The van der Waals surface area contributed by atoms with E-state index in [0.717, 1.165) is 36.0 Å². The number of hydrogen-bond donors (Lipinski definition) is 2. The quantitative estimate of drug-likeness (QED) is 0.589. The number of likely N-dealkylation sites (tertiary alicyclic amines) is 1. The second kappa shape index (κ2) is 11.7. The first-order valence-electron chi connectivity index (χ1n) is 12.5. The van der Waals surface area contributed by atoms with Crippen molar-refractivity contribution >= 4 is 56.1 Å². The van der Waals surface area contributed by atoms with E-state index in [2.05, 4.69) is 15.5 Å². The summed E-state index contributed by atoms with van der Waals surface area (Å²) in [5, 5.41) is 7.49. The zero-order valence-corrected chi connectivity index (χ0v) is 22.6. The second-order valence-corrected chi connectivity index (χ2v) is 10.9. The molecule has 4 amide bonds. The van der Waals surface area contributed by atoms with Gasteiger partial charge in [-0.2, -0.15) is 0 Å². The molecule has 11 heteroatoms. The molecule has 0 spiro atoms. The Hall–Kier alpha value is -2.56. The zero-order valence-electron chi connectivity index (χ0n) is 21.0. The maximum absolute atomic E-state index is 13.7. The third-order valence-electron chi connectivity index (χ3n) is 6.61. The molecule has 2 aliphatic rings. The van der Waals surface area contributed by atoms with Crippen molar-refractivity contribution in [1.82, 2.24) is 20.0 Å². The van der Waals surface area contributed by atoms with Crippen LogP contribution in [0.5, 0.6) is 0 Å². The van der Waals surface area contributed by atoms with Crippen LogP contribution in [0, 0.1) is 0 Å². The van der Waals surface area contributed by atoms with Gasteiger partial charge in [0.15, 0.2) is 0 Å². The minimum absolute atomic E-state index is 0.0822. The molecule has 9 nitrogen and oxygen atoms in total. The number of nitrogens with zero attached hydrogens (tertiary/aromatic N) is 3. The SMILES string of the molecule is CCNC(=O)Nc1sc2cc(Cl)ccc2c1C(=O)N1CCN(C2CCN(C(=O)OC(C)C)CC2)CC1. The molecule has 0 unspecified atom stereocenters. The Morgan fingerprint density at radius 1 is 1.08 bits per heavy atom. The van der Waals surface area contributed by atoms with Gasteiger partial charge >= 0.3 is 12.1 Å². The molecule has 1 aromatic heterocycles. The Morgan fingerprint density at radius 2 is 1.78 bits per heavy atom.